The molecule has 1 aromatic carbocycles. The van der Waals surface area contributed by atoms with Crippen LogP contribution in [0.4, 0.5) is 5.69 Å². The summed E-state index contributed by atoms with van der Waals surface area (Å²) in [4.78, 5) is 2.37. The van der Waals surface area contributed by atoms with Crippen molar-refractivity contribution in [1.29, 1.82) is 5.26 Å². The van der Waals surface area contributed by atoms with E-state index in [0.29, 0.717) is 0 Å². The third kappa shape index (κ3) is 3.22. The summed E-state index contributed by atoms with van der Waals surface area (Å²) in [6.07, 6.45) is 0. The molecule has 1 saturated heterocycles. The average molecular weight is 245 g/mol. The number of ether oxygens (including phenoxy) is 1. The van der Waals surface area contributed by atoms with Crippen LogP contribution in [0.3, 0.4) is 0 Å². The van der Waals surface area contributed by atoms with Gasteiger partial charge in [-0.2, -0.15) is 5.26 Å². The molecule has 1 aliphatic rings. The zero-order valence-corrected chi connectivity index (χ0v) is 10.8. The van der Waals surface area contributed by atoms with Crippen molar-refractivity contribution in [3.05, 3.63) is 29.3 Å². The van der Waals surface area contributed by atoms with Crippen LogP contribution in [0.15, 0.2) is 18.2 Å². The van der Waals surface area contributed by atoms with E-state index in [2.05, 4.69) is 16.3 Å². The Morgan fingerprint density at radius 1 is 1.39 bits per heavy atom. The molecule has 4 nitrogen and oxygen atoms in total. The minimum Gasteiger partial charge on any atom is -0.383 e. The van der Waals surface area contributed by atoms with Gasteiger partial charge in [-0.25, -0.2) is 0 Å². The summed E-state index contributed by atoms with van der Waals surface area (Å²) in [5, 5.41) is 12.5. The van der Waals surface area contributed by atoms with Crippen LogP contribution in [0.1, 0.15) is 11.1 Å². The summed E-state index contributed by atoms with van der Waals surface area (Å²) in [7, 11) is 0. The van der Waals surface area contributed by atoms with Crippen LogP contribution in [-0.2, 0) is 4.74 Å². The summed E-state index contributed by atoms with van der Waals surface area (Å²) in [6.45, 7) is 7.47. The van der Waals surface area contributed by atoms with Gasteiger partial charge in [0.15, 0.2) is 0 Å². The van der Waals surface area contributed by atoms with Crippen LogP contribution in [0.5, 0.6) is 0 Å². The zero-order valence-electron chi connectivity index (χ0n) is 10.8. The first-order valence-electron chi connectivity index (χ1n) is 6.35. The summed E-state index contributed by atoms with van der Waals surface area (Å²) in [5.41, 5.74) is 2.71. The Hall–Kier alpha value is -1.57. The number of nitrogens with zero attached hydrogens (tertiary/aromatic N) is 2. The minimum atomic E-state index is 0.750. The zero-order chi connectivity index (χ0) is 12.8. The van der Waals surface area contributed by atoms with Gasteiger partial charge in [0.25, 0.3) is 0 Å². The van der Waals surface area contributed by atoms with Crippen molar-refractivity contribution in [2.75, 3.05) is 44.7 Å². The topological polar surface area (TPSA) is 48.3 Å². The average Bonchev–Trinajstić information content (AvgIpc) is 2.40. The van der Waals surface area contributed by atoms with Crippen molar-refractivity contribution in [1.82, 2.24) is 4.90 Å². The highest BCUT2D eigenvalue weighted by Gasteiger charge is 2.10. The molecule has 1 aromatic rings. The fraction of sp³-hybridized carbons (Fsp3) is 0.500. The van der Waals surface area contributed by atoms with Crippen LogP contribution in [-0.4, -0.2) is 44.3 Å². The van der Waals surface area contributed by atoms with Crippen LogP contribution in [0.25, 0.3) is 0 Å². The number of anilines is 1. The largest absolute Gasteiger partial charge is 0.383 e. The van der Waals surface area contributed by atoms with Gasteiger partial charge in [-0.15, -0.1) is 0 Å². The van der Waals surface area contributed by atoms with Crippen molar-refractivity contribution in [2.45, 2.75) is 6.92 Å². The SMILES string of the molecule is Cc1cccc(NCCN2CCOCC2)c1C#N. The second-order valence-corrected chi connectivity index (χ2v) is 4.49. The monoisotopic (exact) mass is 245 g/mol. The van der Waals surface area contributed by atoms with E-state index in [0.717, 1.165) is 56.2 Å². The van der Waals surface area contributed by atoms with E-state index in [4.69, 9.17) is 10.00 Å². The number of benzene rings is 1. The lowest BCUT2D eigenvalue weighted by Crippen LogP contribution is -2.39. The van der Waals surface area contributed by atoms with Gasteiger partial charge in [-0.05, 0) is 18.6 Å². The molecule has 0 bridgehead atoms. The van der Waals surface area contributed by atoms with E-state index in [-0.39, 0.29) is 0 Å². The molecule has 0 amide bonds. The highest BCUT2D eigenvalue weighted by Crippen LogP contribution is 2.17. The van der Waals surface area contributed by atoms with E-state index < -0.39 is 0 Å². The quantitative estimate of drug-likeness (QED) is 0.875. The fourth-order valence-electron chi connectivity index (χ4n) is 2.14. The third-order valence-electron chi connectivity index (χ3n) is 3.23. The second kappa shape index (κ2) is 6.39. The lowest BCUT2D eigenvalue weighted by atomic mass is 10.1. The van der Waals surface area contributed by atoms with E-state index in [1.807, 2.05) is 25.1 Å². The molecular weight excluding hydrogens is 226 g/mol. The maximum absolute atomic E-state index is 9.13. The maximum atomic E-state index is 9.13. The summed E-state index contributed by atoms with van der Waals surface area (Å²) < 4.78 is 5.31. The van der Waals surface area contributed by atoms with Crippen molar-refractivity contribution >= 4 is 5.69 Å². The van der Waals surface area contributed by atoms with Gasteiger partial charge < -0.3 is 10.1 Å². The lowest BCUT2D eigenvalue weighted by molar-refractivity contribution is 0.0398. The van der Waals surface area contributed by atoms with Crippen LogP contribution < -0.4 is 5.32 Å². The van der Waals surface area contributed by atoms with E-state index in [9.17, 15) is 0 Å². The van der Waals surface area contributed by atoms with E-state index >= 15 is 0 Å². The molecule has 1 fully saturated rings. The Kier molecular flexibility index (Phi) is 4.57. The molecule has 0 saturated carbocycles. The molecule has 1 N–H and O–H groups in total. The van der Waals surface area contributed by atoms with Crippen LogP contribution in [0, 0.1) is 18.3 Å². The van der Waals surface area contributed by atoms with Crippen LogP contribution in [0.2, 0.25) is 0 Å². The number of morpholine rings is 1. The Labute approximate surface area is 108 Å². The van der Waals surface area contributed by atoms with Gasteiger partial charge in [0.2, 0.25) is 0 Å². The minimum absolute atomic E-state index is 0.750. The van der Waals surface area contributed by atoms with Gasteiger partial charge in [0.05, 0.1) is 24.5 Å². The van der Waals surface area contributed by atoms with Gasteiger partial charge in [-0.1, -0.05) is 12.1 Å². The number of nitriles is 1. The molecule has 0 radical (unpaired) electrons. The normalized spacial score (nSPS) is 16.2. The predicted octanol–water partition coefficient (Wildman–Crippen LogP) is 1.61. The van der Waals surface area contributed by atoms with E-state index in [1.54, 1.807) is 0 Å². The Morgan fingerprint density at radius 2 is 2.17 bits per heavy atom. The smallest absolute Gasteiger partial charge is 0.102 e. The Morgan fingerprint density at radius 3 is 2.89 bits per heavy atom. The summed E-state index contributed by atoms with van der Waals surface area (Å²) in [6, 6.07) is 8.16. The molecular formula is C14H19N3O. The lowest BCUT2D eigenvalue weighted by Gasteiger charge is -2.26. The first kappa shape index (κ1) is 12.9. The highest BCUT2D eigenvalue weighted by atomic mass is 16.5. The molecule has 0 spiro atoms. The molecule has 18 heavy (non-hydrogen) atoms. The molecule has 0 aliphatic carbocycles. The maximum Gasteiger partial charge on any atom is 0.102 e. The highest BCUT2D eigenvalue weighted by molar-refractivity contribution is 5.60. The standard InChI is InChI=1S/C14H19N3O/c1-12-3-2-4-14(13(12)11-15)16-5-6-17-7-9-18-10-8-17/h2-4,16H,5-10H2,1H3. The van der Waals surface area contributed by atoms with Crippen molar-refractivity contribution in [2.24, 2.45) is 0 Å². The molecule has 1 aliphatic heterocycles. The predicted molar refractivity (Wildman–Crippen MR) is 71.6 cm³/mol. The first-order chi connectivity index (χ1) is 8.81. The van der Waals surface area contributed by atoms with Crippen molar-refractivity contribution in [3.8, 4) is 6.07 Å². The summed E-state index contributed by atoms with van der Waals surface area (Å²) >= 11 is 0. The van der Waals surface area contributed by atoms with E-state index in [1.165, 1.54) is 0 Å². The second-order valence-electron chi connectivity index (χ2n) is 4.49. The molecule has 96 valence electrons. The first-order valence-corrected chi connectivity index (χ1v) is 6.35. The van der Waals surface area contributed by atoms with Gasteiger partial charge >= 0.3 is 0 Å². The van der Waals surface area contributed by atoms with Gasteiger partial charge in [0.1, 0.15) is 6.07 Å². The van der Waals surface area contributed by atoms with Crippen LogP contribution >= 0.6 is 0 Å². The number of hydrogen-bond acceptors (Lipinski definition) is 4. The van der Waals surface area contributed by atoms with Crippen molar-refractivity contribution < 1.29 is 4.74 Å². The third-order valence-corrected chi connectivity index (χ3v) is 3.23. The Bertz CT molecular complexity index is 433. The Balaban J connectivity index is 1.86. The number of nitrogens with one attached hydrogen (secondary N) is 1. The summed E-state index contributed by atoms with van der Waals surface area (Å²) in [5.74, 6) is 0. The number of hydrogen-bond donors (Lipinski definition) is 1. The number of rotatable bonds is 4. The molecule has 2 rings (SSSR count). The molecule has 0 aromatic heterocycles. The molecule has 4 heteroatoms. The molecule has 1 heterocycles. The molecule has 0 atom stereocenters. The number of aryl methyl sites for hydroxylation is 1. The van der Waals surface area contributed by atoms with Gasteiger partial charge in [0, 0.05) is 26.2 Å². The molecule has 0 unspecified atom stereocenters. The van der Waals surface area contributed by atoms with Crippen molar-refractivity contribution in [3.63, 3.8) is 0 Å². The van der Waals surface area contributed by atoms with Gasteiger partial charge in [-0.3, -0.25) is 4.90 Å². The fourth-order valence-corrected chi connectivity index (χ4v) is 2.14.